The molecule has 0 aliphatic heterocycles. The van der Waals surface area contributed by atoms with Crippen molar-refractivity contribution in [3.63, 3.8) is 0 Å². The van der Waals surface area contributed by atoms with Crippen molar-refractivity contribution in [1.29, 1.82) is 0 Å². The van der Waals surface area contributed by atoms with Crippen LogP contribution < -0.4 is 0 Å². The van der Waals surface area contributed by atoms with Crippen LogP contribution >= 0.6 is 0 Å². The van der Waals surface area contributed by atoms with E-state index >= 15 is 0 Å². The van der Waals surface area contributed by atoms with E-state index in [2.05, 4.69) is 6.58 Å². The van der Waals surface area contributed by atoms with E-state index in [-0.39, 0.29) is 0 Å². The summed E-state index contributed by atoms with van der Waals surface area (Å²) in [5, 5.41) is 0. The van der Waals surface area contributed by atoms with Gasteiger partial charge in [-0.2, -0.15) is 0 Å². The van der Waals surface area contributed by atoms with E-state index in [1.165, 1.54) is 0 Å². The van der Waals surface area contributed by atoms with Crippen LogP contribution in [0.5, 0.6) is 0 Å². The molecule has 0 aliphatic rings. The van der Waals surface area contributed by atoms with E-state index in [4.69, 9.17) is 4.74 Å². The fourth-order valence-corrected chi connectivity index (χ4v) is 0.305. The summed E-state index contributed by atoms with van der Waals surface area (Å²) in [5.74, 6) is 0.931. The molecule has 0 aliphatic carbocycles. The minimum atomic E-state index is 0.931. The normalized spacial score (nSPS) is 12.4. The Morgan fingerprint density at radius 3 is 2.12 bits per heavy atom. The Labute approximate surface area is 50.7 Å². The molecular formula is C7H12O. The molecule has 46 valence electrons. The summed E-state index contributed by atoms with van der Waals surface area (Å²) in [4.78, 5) is 0. The van der Waals surface area contributed by atoms with Gasteiger partial charge < -0.3 is 4.74 Å². The Morgan fingerprint density at radius 1 is 1.50 bits per heavy atom. The first-order valence-electron chi connectivity index (χ1n) is 2.56. The zero-order chi connectivity index (χ0) is 6.57. The molecule has 0 amide bonds. The zero-order valence-electron chi connectivity index (χ0n) is 5.69. The van der Waals surface area contributed by atoms with E-state index in [0.717, 1.165) is 11.3 Å². The molecule has 1 heteroatoms. The summed E-state index contributed by atoms with van der Waals surface area (Å²) in [7, 11) is 1.66. The molecule has 0 spiro atoms. The highest BCUT2D eigenvalue weighted by molar-refractivity contribution is 5.15. The van der Waals surface area contributed by atoms with Crippen molar-refractivity contribution in [2.24, 2.45) is 0 Å². The van der Waals surface area contributed by atoms with Crippen LogP contribution in [0.1, 0.15) is 13.8 Å². The van der Waals surface area contributed by atoms with Gasteiger partial charge in [0, 0.05) is 0 Å². The third kappa shape index (κ3) is 1.82. The molecule has 0 rings (SSSR count). The maximum Gasteiger partial charge on any atom is 0.0953 e. The van der Waals surface area contributed by atoms with Gasteiger partial charge in [-0.1, -0.05) is 12.7 Å². The van der Waals surface area contributed by atoms with Gasteiger partial charge in [-0.15, -0.1) is 0 Å². The summed E-state index contributed by atoms with van der Waals surface area (Å²) in [6.07, 6.45) is 1.78. The van der Waals surface area contributed by atoms with Gasteiger partial charge in [0.2, 0.25) is 0 Å². The second kappa shape index (κ2) is 3.30. The molecular weight excluding hydrogens is 100 g/mol. The lowest BCUT2D eigenvalue weighted by molar-refractivity contribution is 0.290. The van der Waals surface area contributed by atoms with E-state index in [1.807, 2.05) is 13.8 Å². The summed E-state index contributed by atoms with van der Waals surface area (Å²) in [6, 6.07) is 0. The van der Waals surface area contributed by atoms with Crippen LogP contribution in [-0.4, -0.2) is 7.11 Å². The van der Waals surface area contributed by atoms with E-state index in [1.54, 1.807) is 13.2 Å². The van der Waals surface area contributed by atoms with Gasteiger partial charge in [0.15, 0.2) is 0 Å². The summed E-state index contributed by atoms with van der Waals surface area (Å²) in [5.41, 5.74) is 1.09. The largest absolute Gasteiger partial charge is 0.501 e. The van der Waals surface area contributed by atoms with Crippen LogP contribution in [0.15, 0.2) is 24.0 Å². The Kier molecular flexibility index (Phi) is 3.01. The predicted octanol–water partition coefficient (Wildman–Crippen LogP) is 2.11. The highest BCUT2D eigenvalue weighted by Gasteiger charge is 1.86. The van der Waals surface area contributed by atoms with Crippen LogP contribution in [-0.2, 0) is 4.74 Å². The first-order chi connectivity index (χ1) is 3.72. The standard InChI is InChI=1S/C7H12O/c1-5-6(2)7(3)8-4/h5H,1H2,2-4H3/b7-6-. The lowest BCUT2D eigenvalue weighted by Gasteiger charge is -1.99. The molecule has 0 fully saturated rings. The average Bonchev–Trinajstić information content (AvgIpc) is 1.84. The van der Waals surface area contributed by atoms with Gasteiger partial charge in [-0.25, -0.2) is 0 Å². The second-order valence-electron chi connectivity index (χ2n) is 1.65. The van der Waals surface area contributed by atoms with Crippen LogP contribution in [0.25, 0.3) is 0 Å². The number of allylic oxidation sites excluding steroid dienone is 3. The van der Waals surface area contributed by atoms with Crippen molar-refractivity contribution >= 4 is 0 Å². The highest BCUT2D eigenvalue weighted by Crippen LogP contribution is 2.02. The first kappa shape index (κ1) is 7.28. The van der Waals surface area contributed by atoms with Crippen molar-refractivity contribution < 1.29 is 4.74 Å². The van der Waals surface area contributed by atoms with Crippen LogP contribution in [0.4, 0.5) is 0 Å². The molecule has 0 saturated carbocycles. The van der Waals surface area contributed by atoms with Crippen LogP contribution in [0.3, 0.4) is 0 Å². The number of ether oxygens (including phenoxy) is 1. The minimum absolute atomic E-state index is 0.931. The monoisotopic (exact) mass is 112 g/mol. The van der Waals surface area contributed by atoms with Crippen molar-refractivity contribution in [2.75, 3.05) is 7.11 Å². The molecule has 0 aromatic heterocycles. The number of methoxy groups -OCH3 is 1. The predicted molar refractivity (Wildman–Crippen MR) is 35.6 cm³/mol. The smallest absolute Gasteiger partial charge is 0.0953 e. The zero-order valence-corrected chi connectivity index (χ0v) is 5.69. The van der Waals surface area contributed by atoms with Crippen LogP contribution in [0, 0.1) is 0 Å². The summed E-state index contributed by atoms with van der Waals surface area (Å²) < 4.78 is 4.91. The fourth-order valence-electron chi connectivity index (χ4n) is 0.305. The first-order valence-corrected chi connectivity index (χ1v) is 2.56. The van der Waals surface area contributed by atoms with Gasteiger partial charge in [0.05, 0.1) is 12.9 Å². The second-order valence-corrected chi connectivity index (χ2v) is 1.65. The van der Waals surface area contributed by atoms with Gasteiger partial charge in [0.25, 0.3) is 0 Å². The Morgan fingerprint density at radius 2 is 2.00 bits per heavy atom. The maximum atomic E-state index is 4.91. The molecule has 8 heavy (non-hydrogen) atoms. The topological polar surface area (TPSA) is 9.23 Å². The number of rotatable bonds is 2. The fraction of sp³-hybridized carbons (Fsp3) is 0.429. The molecule has 0 heterocycles. The molecule has 0 bridgehead atoms. The Bertz CT molecular complexity index is 112. The summed E-state index contributed by atoms with van der Waals surface area (Å²) >= 11 is 0. The van der Waals surface area contributed by atoms with Crippen molar-refractivity contribution in [2.45, 2.75) is 13.8 Å². The quantitative estimate of drug-likeness (QED) is 0.392. The highest BCUT2D eigenvalue weighted by atomic mass is 16.5. The average molecular weight is 112 g/mol. The Hall–Kier alpha value is -0.720. The third-order valence-corrected chi connectivity index (χ3v) is 1.17. The van der Waals surface area contributed by atoms with Crippen molar-refractivity contribution in [3.05, 3.63) is 24.0 Å². The summed E-state index contributed by atoms with van der Waals surface area (Å²) in [6.45, 7) is 7.47. The van der Waals surface area contributed by atoms with E-state index in [9.17, 15) is 0 Å². The van der Waals surface area contributed by atoms with Gasteiger partial charge >= 0.3 is 0 Å². The molecule has 0 aromatic rings. The lowest BCUT2D eigenvalue weighted by Crippen LogP contribution is -1.81. The molecule has 0 N–H and O–H groups in total. The maximum absolute atomic E-state index is 4.91. The van der Waals surface area contributed by atoms with Crippen molar-refractivity contribution in [1.82, 2.24) is 0 Å². The third-order valence-electron chi connectivity index (χ3n) is 1.17. The molecule has 0 aromatic carbocycles. The van der Waals surface area contributed by atoms with E-state index < -0.39 is 0 Å². The molecule has 0 atom stereocenters. The van der Waals surface area contributed by atoms with Gasteiger partial charge in [-0.3, -0.25) is 0 Å². The molecule has 1 nitrogen and oxygen atoms in total. The minimum Gasteiger partial charge on any atom is -0.501 e. The molecule has 0 saturated heterocycles. The van der Waals surface area contributed by atoms with Crippen molar-refractivity contribution in [3.8, 4) is 0 Å². The SMILES string of the molecule is C=C/C(C)=C(/C)OC. The lowest BCUT2D eigenvalue weighted by atomic mass is 10.3. The van der Waals surface area contributed by atoms with E-state index in [0.29, 0.717) is 0 Å². The van der Waals surface area contributed by atoms with Gasteiger partial charge in [-0.05, 0) is 19.4 Å². The molecule has 0 radical (unpaired) electrons. The molecule has 0 unspecified atom stereocenters. The van der Waals surface area contributed by atoms with Crippen LogP contribution in [0.2, 0.25) is 0 Å². The van der Waals surface area contributed by atoms with Gasteiger partial charge in [0.1, 0.15) is 0 Å². The number of hydrogen-bond donors (Lipinski definition) is 0. The number of hydrogen-bond acceptors (Lipinski definition) is 1. The Balaban J connectivity index is 4.03.